The summed E-state index contributed by atoms with van der Waals surface area (Å²) in [5.41, 5.74) is 1.70. The summed E-state index contributed by atoms with van der Waals surface area (Å²) in [5, 5.41) is 28.2. The number of anilines is 1. The molecule has 0 saturated heterocycles. The van der Waals surface area contributed by atoms with Gasteiger partial charge in [0, 0.05) is 19.7 Å². The van der Waals surface area contributed by atoms with Gasteiger partial charge in [0.2, 0.25) is 11.7 Å². The molecule has 9 heteroatoms. The van der Waals surface area contributed by atoms with Crippen LogP contribution >= 0.6 is 11.6 Å². The number of amides is 1. The van der Waals surface area contributed by atoms with Crippen molar-refractivity contribution >= 4 is 28.8 Å². The van der Waals surface area contributed by atoms with Crippen molar-refractivity contribution in [3.63, 3.8) is 0 Å². The van der Waals surface area contributed by atoms with Gasteiger partial charge in [-0.25, -0.2) is 0 Å². The Labute approximate surface area is 131 Å². The quantitative estimate of drug-likeness (QED) is 0.718. The number of nitrogens with zero attached hydrogens (tertiary/aromatic N) is 4. The lowest BCUT2D eigenvalue weighted by atomic mass is 10.2. The average molecular weight is 318 g/mol. The van der Waals surface area contributed by atoms with Crippen LogP contribution in [-0.2, 0) is 11.3 Å². The number of rotatable bonds is 5. The van der Waals surface area contributed by atoms with E-state index in [4.69, 9.17) is 16.9 Å². The molecular formula is C13H12ClN7O. The largest absolute Gasteiger partial charge is 0.359 e. The lowest BCUT2D eigenvalue weighted by molar-refractivity contribution is -0.119. The summed E-state index contributed by atoms with van der Waals surface area (Å²) in [7, 11) is 0. The van der Waals surface area contributed by atoms with E-state index >= 15 is 0 Å². The molecule has 0 aliphatic rings. The van der Waals surface area contributed by atoms with Crippen LogP contribution in [0.3, 0.4) is 0 Å². The molecule has 112 valence electrons. The first-order chi connectivity index (χ1) is 10.6. The van der Waals surface area contributed by atoms with Gasteiger partial charge >= 0.3 is 0 Å². The summed E-state index contributed by atoms with van der Waals surface area (Å²) >= 11 is 6.16. The molecule has 2 aromatic rings. The predicted octanol–water partition coefficient (Wildman–Crippen LogP) is 1.47. The van der Waals surface area contributed by atoms with E-state index in [1.54, 1.807) is 12.1 Å². The Bertz CT molecular complexity index is 733. The molecule has 1 aromatic heterocycles. The number of nitriles is 1. The number of carbonyl (C=O) groups excluding carboxylic acids is 1. The molecule has 0 radical (unpaired) electrons. The topological polar surface area (TPSA) is 119 Å². The van der Waals surface area contributed by atoms with Gasteiger partial charge in [-0.05, 0) is 22.9 Å². The van der Waals surface area contributed by atoms with Crippen molar-refractivity contribution in [2.24, 2.45) is 0 Å². The lowest BCUT2D eigenvalue weighted by Crippen LogP contribution is -2.18. The van der Waals surface area contributed by atoms with Gasteiger partial charge in [0.05, 0.1) is 10.7 Å². The van der Waals surface area contributed by atoms with E-state index < -0.39 is 0 Å². The van der Waals surface area contributed by atoms with Crippen LogP contribution in [0.4, 0.5) is 5.69 Å². The fourth-order valence-corrected chi connectivity index (χ4v) is 1.84. The van der Waals surface area contributed by atoms with Gasteiger partial charge in [-0.2, -0.15) is 10.5 Å². The van der Waals surface area contributed by atoms with Crippen molar-refractivity contribution in [3.05, 3.63) is 40.8 Å². The van der Waals surface area contributed by atoms with Crippen molar-refractivity contribution in [1.82, 2.24) is 25.9 Å². The zero-order chi connectivity index (χ0) is 15.9. The first kappa shape index (κ1) is 15.5. The Balaban J connectivity index is 2.10. The molecule has 2 rings (SSSR count). The van der Waals surface area contributed by atoms with Crippen LogP contribution in [0.2, 0.25) is 5.02 Å². The molecule has 0 aliphatic heterocycles. The third kappa shape index (κ3) is 4.04. The third-order valence-electron chi connectivity index (χ3n) is 2.65. The van der Waals surface area contributed by atoms with Crippen LogP contribution in [-0.4, -0.2) is 26.5 Å². The van der Waals surface area contributed by atoms with Crippen molar-refractivity contribution in [1.29, 1.82) is 5.26 Å². The van der Waals surface area contributed by atoms with Gasteiger partial charge in [0.1, 0.15) is 11.6 Å². The van der Waals surface area contributed by atoms with Gasteiger partial charge in [-0.15, -0.1) is 10.2 Å². The Kier molecular flexibility index (Phi) is 5.06. The Morgan fingerprint density at radius 1 is 1.55 bits per heavy atom. The van der Waals surface area contributed by atoms with E-state index in [9.17, 15) is 4.79 Å². The van der Waals surface area contributed by atoms with Crippen LogP contribution in [0, 0.1) is 11.3 Å². The number of allylic oxidation sites excluding steroid dienone is 1. The van der Waals surface area contributed by atoms with E-state index in [2.05, 4.69) is 31.3 Å². The van der Waals surface area contributed by atoms with E-state index in [1.807, 2.05) is 12.1 Å². The number of benzene rings is 1. The molecule has 0 spiro atoms. The standard InChI is InChI=1S/C13H12ClN7O/c1-8(22)16-6-9-2-3-12(11(14)4-9)17-7-10(5-15)13-18-20-21-19-13/h2-4,7,17H,6H2,1H3,(H,16,22)(H,18,19,20,21). The molecule has 3 N–H and O–H groups in total. The molecule has 0 unspecified atom stereocenters. The van der Waals surface area contributed by atoms with Crippen molar-refractivity contribution < 1.29 is 4.79 Å². The number of hydrogen-bond acceptors (Lipinski definition) is 6. The number of halogens is 1. The summed E-state index contributed by atoms with van der Waals surface area (Å²) < 4.78 is 0. The minimum atomic E-state index is -0.111. The van der Waals surface area contributed by atoms with E-state index in [1.165, 1.54) is 13.1 Å². The molecule has 22 heavy (non-hydrogen) atoms. The molecule has 0 aliphatic carbocycles. The van der Waals surface area contributed by atoms with Crippen molar-refractivity contribution in [2.75, 3.05) is 5.32 Å². The summed E-state index contributed by atoms with van der Waals surface area (Å²) in [4.78, 5) is 10.9. The number of hydrogen-bond donors (Lipinski definition) is 3. The van der Waals surface area contributed by atoms with E-state index in [-0.39, 0.29) is 17.3 Å². The highest BCUT2D eigenvalue weighted by Crippen LogP contribution is 2.23. The first-order valence-electron chi connectivity index (χ1n) is 6.23. The van der Waals surface area contributed by atoms with Crippen molar-refractivity contribution in [3.8, 4) is 6.07 Å². The predicted molar refractivity (Wildman–Crippen MR) is 80.4 cm³/mol. The zero-order valence-electron chi connectivity index (χ0n) is 11.6. The SMILES string of the molecule is CC(=O)NCc1ccc(NC=C(C#N)c2nn[nH]n2)c(Cl)c1. The maximum absolute atomic E-state index is 10.9. The minimum Gasteiger partial charge on any atom is -0.359 e. The first-order valence-corrected chi connectivity index (χ1v) is 6.61. The Morgan fingerprint density at radius 2 is 2.36 bits per heavy atom. The average Bonchev–Trinajstić information content (AvgIpc) is 3.01. The van der Waals surface area contributed by atoms with Crippen molar-refractivity contribution in [2.45, 2.75) is 13.5 Å². The normalized spacial score (nSPS) is 10.9. The molecule has 0 bridgehead atoms. The molecule has 0 atom stereocenters. The number of H-pyrrole nitrogens is 1. The van der Waals surface area contributed by atoms with Gasteiger partial charge in [0.15, 0.2) is 0 Å². The van der Waals surface area contributed by atoms with Crippen LogP contribution in [0.1, 0.15) is 18.3 Å². The summed E-state index contributed by atoms with van der Waals surface area (Å²) in [5.74, 6) is 0.0773. The monoisotopic (exact) mass is 317 g/mol. The summed E-state index contributed by atoms with van der Waals surface area (Å²) in [6.45, 7) is 1.85. The minimum absolute atomic E-state index is 0.111. The van der Waals surface area contributed by atoms with Gasteiger partial charge in [-0.1, -0.05) is 17.7 Å². The van der Waals surface area contributed by atoms with E-state index in [0.29, 0.717) is 17.3 Å². The van der Waals surface area contributed by atoms with Gasteiger partial charge < -0.3 is 10.6 Å². The maximum atomic E-state index is 10.9. The van der Waals surface area contributed by atoms with Gasteiger partial charge in [0.25, 0.3) is 0 Å². The molecule has 0 fully saturated rings. The molecule has 0 saturated carbocycles. The third-order valence-corrected chi connectivity index (χ3v) is 2.97. The number of carbonyl (C=O) groups is 1. The second kappa shape index (κ2) is 7.19. The second-order valence-corrected chi connectivity index (χ2v) is 4.68. The zero-order valence-corrected chi connectivity index (χ0v) is 12.3. The summed E-state index contributed by atoms with van der Waals surface area (Å²) in [6, 6.07) is 7.26. The highest BCUT2D eigenvalue weighted by atomic mass is 35.5. The number of aromatic amines is 1. The number of nitrogens with one attached hydrogen (secondary N) is 3. The molecule has 8 nitrogen and oxygen atoms in total. The molecule has 1 heterocycles. The Hall–Kier alpha value is -2.92. The number of aromatic nitrogens is 4. The molecular weight excluding hydrogens is 306 g/mol. The lowest BCUT2D eigenvalue weighted by Gasteiger charge is -2.07. The highest BCUT2D eigenvalue weighted by Gasteiger charge is 2.06. The molecule has 1 aromatic carbocycles. The van der Waals surface area contributed by atoms with Crippen LogP contribution < -0.4 is 10.6 Å². The Morgan fingerprint density at radius 3 is 2.95 bits per heavy atom. The molecule has 1 amide bonds. The maximum Gasteiger partial charge on any atom is 0.217 e. The fraction of sp³-hybridized carbons (Fsp3) is 0.154. The van der Waals surface area contributed by atoms with Crippen LogP contribution in [0.15, 0.2) is 24.4 Å². The van der Waals surface area contributed by atoms with E-state index in [0.717, 1.165) is 5.56 Å². The highest BCUT2D eigenvalue weighted by molar-refractivity contribution is 6.33. The second-order valence-electron chi connectivity index (χ2n) is 4.27. The van der Waals surface area contributed by atoms with Crippen LogP contribution in [0.5, 0.6) is 0 Å². The van der Waals surface area contributed by atoms with Gasteiger partial charge in [-0.3, -0.25) is 4.79 Å². The number of tetrazole rings is 1. The smallest absolute Gasteiger partial charge is 0.217 e. The fourth-order valence-electron chi connectivity index (χ4n) is 1.58. The van der Waals surface area contributed by atoms with Crippen LogP contribution in [0.25, 0.3) is 5.57 Å². The summed E-state index contributed by atoms with van der Waals surface area (Å²) in [6.07, 6.45) is 1.44.